The number of nitrogens with zero attached hydrogens (tertiary/aromatic N) is 1. The molecule has 8 aromatic carbocycles. The van der Waals surface area contributed by atoms with Crippen molar-refractivity contribution in [1.82, 2.24) is 0 Å². The number of para-hydroxylation sites is 1. The molecule has 0 radical (unpaired) electrons. The Morgan fingerprint density at radius 3 is 1.71 bits per heavy atom. The second-order valence-electron chi connectivity index (χ2n) is 13.3. The summed E-state index contributed by atoms with van der Waals surface area (Å²) >= 11 is 1.87. The average Bonchev–Trinajstić information content (AvgIpc) is 3.74. The van der Waals surface area contributed by atoms with Crippen molar-refractivity contribution >= 4 is 48.6 Å². The maximum Gasteiger partial charge on any atom is 0.0713 e. The van der Waals surface area contributed by atoms with Gasteiger partial charge in [-0.25, -0.2) is 0 Å². The fraction of sp³-hybridized carbons (Fsp3) is 0.0204. The van der Waals surface area contributed by atoms with Crippen molar-refractivity contribution in [2.75, 3.05) is 4.90 Å². The van der Waals surface area contributed by atoms with Crippen LogP contribution in [-0.4, -0.2) is 0 Å². The number of thiophene rings is 1. The molecule has 0 unspecified atom stereocenters. The molecule has 9 aromatic rings. The van der Waals surface area contributed by atoms with E-state index in [-0.39, 0.29) is 0 Å². The Labute approximate surface area is 302 Å². The first kappa shape index (κ1) is 29.7. The van der Waals surface area contributed by atoms with Gasteiger partial charge in [0.05, 0.1) is 15.8 Å². The van der Waals surface area contributed by atoms with Gasteiger partial charge in [0.2, 0.25) is 0 Å². The third-order valence-electron chi connectivity index (χ3n) is 10.6. The average molecular weight is 668 g/mol. The highest BCUT2D eigenvalue weighted by Crippen LogP contribution is 2.56. The van der Waals surface area contributed by atoms with Crippen LogP contribution in [0.15, 0.2) is 200 Å². The molecule has 240 valence electrons. The Balaban J connectivity index is 1.11. The van der Waals surface area contributed by atoms with Gasteiger partial charge >= 0.3 is 0 Å². The molecule has 1 aliphatic rings. The largest absolute Gasteiger partial charge is 0.309 e. The molecule has 1 aromatic heterocycles. The number of anilines is 3. The second kappa shape index (κ2) is 12.0. The van der Waals surface area contributed by atoms with Crippen molar-refractivity contribution in [2.45, 2.75) is 5.41 Å². The highest BCUT2D eigenvalue weighted by atomic mass is 32.1. The first-order chi connectivity index (χ1) is 25.3. The van der Waals surface area contributed by atoms with Crippen LogP contribution in [0, 0.1) is 0 Å². The summed E-state index contributed by atoms with van der Waals surface area (Å²) in [7, 11) is 0. The Kier molecular flexibility index (Phi) is 6.97. The maximum atomic E-state index is 2.41. The number of hydrogen-bond acceptors (Lipinski definition) is 2. The first-order valence-electron chi connectivity index (χ1n) is 17.5. The molecule has 0 saturated carbocycles. The molecule has 2 heteroatoms. The predicted molar refractivity (Wildman–Crippen MR) is 217 cm³/mol. The molecule has 10 rings (SSSR count). The van der Waals surface area contributed by atoms with Gasteiger partial charge in [0.1, 0.15) is 0 Å². The van der Waals surface area contributed by atoms with Crippen molar-refractivity contribution in [3.05, 3.63) is 222 Å². The number of benzene rings is 8. The van der Waals surface area contributed by atoms with Gasteiger partial charge in [-0.3, -0.25) is 0 Å². The monoisotopic (exact) mass is 667 g/mol. The van der Waals surface area contributed by atoms with E-state index in [0.29, 0.717) is 0 Å². The summed E-state index contributed by atoms with van der Waals surface area (Å²) in [5.41, 5.74) is 13.3. The number of hydrogen-bond donors (Lipinski definition) is 0. The molecule has 1 nitrogen and oxygen atoms in total. The van der Waals surface area contributed by atoms with Crippen LogP contribution in [0.25, 0.3) is 42.4 Å². The van der Waals surface area contributed by atoms with Gasteiger partial charge in [-0.1, -0.05) is 158 Å². The molecule has 0 fully saturated rings. The first-order valence-corrected chi connectivity index (χ1v) is 18.3. The summed E-state index contributed by atoms with van der Waals surface area (Å²) < 4.78 is 2.60. The van der Waals surface area contributed by atoms with E-state index < -0.39 is 5.41 Å². The summed E-state index contributed by atoms with van der Waals surface area (Å²) in [6.07, 6.45) is 0. The second-order valence-corrected chi connectivity index (χ2v) is 14.3. The van der Waals surface area contributed by atoms with Crippen LogP contribution in [0.1, 0.15) is 22.3 Å². The van der Waals surface area contributed by atoms with Gasteiger partial charge in [0, 0.05) is 26.8 Å². The van der Waals surface area contributed by atoms with E-state index in [1.807, 2.05) is 11.3 Å². The molecule has 0 spiro atoms. The van der Waals surface area contributed by atoms with E-state index in [4.69, 9.17) is 0 Å². The maximum absolute atomic E-state index is 2.41. The van der Waals surface area contributed by atoms with Gasteiger partial charge in [-0.2, -0.15) is 0 Å². The predicted octanol–water partition coefficient (Wildman–Crippen LogP) is 13.6. The quantitative estimate of drug-likeness (QED) is 0.171. The van der Waals surface area contributed by atoms with Gasteiger partial charge < -0.3 is 4.90 Å². The van der Waals surface area contributed by atoms with Crippen molar-refractivity contribution in [3.63, 3.8) is 0 Å². The highest BCUT2D eigenvalue weighted by molar-refractivity contribution is 7.26. The Hall–Kier alpha value is -6.22. The molecule has 0 amide bonds. The zero-order chi connectivity index (χ0) is 33.8. The fourth-order valence-corrected chi connectivity index (χ4v) is 9.57. The minimum Gasteiger partial charge on any atom is -0.309 e. The lowest BCUT2D eigenvalue weighted by atomic mass is 9.67. The van der Waals surface area contributed by atoms with Crippen LogP contribution in [-0.2, 0) is 5.41 Å². The lowest BCUT2D eigenvalue weighted by Crippen LogP contribution is -2.28. The molecule has 0 bridgehead atoms. The normalized spacial score (nSPS) is 12.9. The van der Waals surface area contributed by atoms with E-state index in [2.05, 4.69) is 205 Å². The molecule has 0 N–H and O–H groups in total. The van der Waals surface area contributed by atoms with Gasteiger partial charge in [0.15, 0.2) is 0 Å². The van der Waals surface area contributed by atoms with Crippen LogP contribution >= 0.6 is 11.3 Å². The number of rotatable bonds is 6. The lowest BCUT2D eigenvalue weighted by Gasteiger charge is -2.34. The smallest absolute Gasteiger partial charge is 0.0713 e. The minimum atomic E-state index is -0.419. The third-order valence-corrected chi connectivity index (χ3v) is 11.8. The van der Waals surface area contributed by atoms with E-state index in [1.54, 1.807) is 0 Å². The topological polar surface area (TPSA) is 3.24 Å². The summed E-state index contributed by atoms with van der Waals surface area (Å²) in [6, 6.07) is 73.3. The molecule has 0 aliphatic heterocycles. The zero-order valence-electron chi connectivity index (χ0n) is 27.9. The van der Waals surface area contributed by atoms with Gasteiger partial charge in [0.25, 0.3) is 0 Å². The molecular weight excluding hydrogens is 635 g/mol. The van der Waals surface area contributed by atoms with Crippen molar-refractivity contribution in [2.24, 2.45) is 0 Å². The summed E-state index contributed by atoms with van der Waals surface area (Å²) in [4.78, 5) is 2.40. The third kappa shape index (κ3) is 4.61. The van der Waals surface area contributed by atoms with Gasteiger partial charge in [-0.05, 0) is 87.0 Å². The molecule has 1 heterocycles. The Bertz CT molecular complexity index is 2640. The Morgan fingerprint density at radius 2 is 0.961 bits per heavy atom. The minimum absolute atomic E-state index is 0.419. The molecule has 0 saturated heterocycles. The molecule has 0 atom stereocenters. The standard InChI is InChI=1S/C49H33NS/c1-3-16-36(17-4-1)49(44-25-10-7-21-40(44)41-22-8-11-26-45(41)49)37-18-13-15-35(33-37)34-29-31-39(32-30-34)50(38-19-5-2-6-20-38)46-27-14-24-43-42-23-9-12-28-47(42)51-48(43)46/h1-33H. The van der Waals surface area contributed by atoms with E-state index in [9.17, 15) is 0 Å². The molecular formula is C49H33NS. The van der Waals surface area contributed by atoms with E-state index >= 15 is 0 Å². The van der Waals surface area contributed by atoms with Crippen LogP contribution in [0.5, 0.6) is 0 Å². The van der Waals surface area contributed by atoms with Crippen LogP contribution in [0.4, 0.5) is 17.1 Å². The Morgan fingerprint density at radius 1 is 0.392 bits per heavy atom. The highest BCUT2D eigenvalue weighted by Gasteiger charge is 2.45. The SMILES string of the molecule is c1ccc(N(c2ccc(-c3cccc(C4(c5ccccc5)c5ccccc5-c5ccccc54)c3)cc2)c2cccc3c2sc2ccccc23)cc1. The van der Waals surface area contributed by atoms with E-state index in [0.717, 1.165) is 11.4 Å². The molecule has 1 aliphatic carbocycles. The summed E-state index contributed by atoms with van der Waals surface area (Å²) in [6.45, 7) is 0. The molecule has 51 heavy (non-hydrogen) atoms. The summed E-state index contributed by atoms with van der Waals surface area (Å²) in [5.74, 6) is 0. The van der Waals surface area contributed by atoms with Crippen LogP contribution < -0.4 is 4.90 Å². The zero-order valence-corrected chi connectivity index (χ0v) is 28.7. The van der Waals surface area contributed by atoms with E-state index in [1.165, 1.54) is 70.4 Å². The number of fused-ring (bicyclic) bond motifs is 6. The van der Waals surface area contributed by atoms with Crippen LogP contribution in [0.2, 0.25) is 0 Å². The summed E-state index contributed by atoms with van der Waals surface area (Å²) in [5, 5.41) is 2.60. The lowest BCUT2D eigenvalue weighted by molar-refractivity contribution is 0.769. The van der Waals surface area contributed by atoms with Crippen molar-refractivity contribution < 1.29 is 0 Å². The van der Waals surface area contributed by atoms with Crippen molar-refractivity contribution in [1.29, 1.82) is 0 Å². The van der Waals surface area contributed by atoms with Crippen LogP contribution in [0.3, 0.4) is 0 Å². The fourth-order valence-electron chi connectivity index (χ4n) is 8.36. The van der Waals surface area contributed by atoms with Gasteiger partial charge in [-0.15, -0.1) is 11.3 Å². The van der Waals surface area contributed by atoms with Crippen molar-refractivity contribution in [3.8, 4) is 22.3 Å².